The maximum Gasteiger partial charge on any atom is 0.240 e. The molecule has 2 N–H and O–H groups in total. The first-order chi connectivity index (χ1) is 17.3. The van der Waals surface area contributed by atoms with E-state index >= 15 is 0 Å². The van der Waals surface area contributed by atoms with Gasteiger partial charge in [-0.2, -0.15) is 4.52 Å². The fourth-order valence-electron chi connectivity index (χ4n) is 3.21. The Hall–Kier alpha value is -4.03. The SMILES string of the molecule is COc1cccc(-c2nnc3ccc(OCCNS(=O)(=O)c4ccc(NC(=O)C(C)C)cc4)nn23)c1. The van der Waals surface area contributed by atoms with E-state index in [1.165, 1.54) is 12.1 Å². The lowest BCUT2D eigenvalue weighted by molar-refractivity contribution is -0.118. The maximum absolute atomic E-state index is 12.6. The topological polar surface area (TPSA) is 137 Å². The molecular weight excluding hydrogens is 484 g/mol. The third-order valence-corrected chi connectivity index (χ3v) is 6.64. The molecule has 4 rings (SSSR count). The molecule has 11 nitrogen and oxygen atoms in total. The first kappa shape index (κ1) is 25.1. The number of amides is 1. The molecule has 0 aliphatic rings. The van der Waals surface area contributed by atoms with Crippen LogP contribution in [0, 0.1) is 5.92 Å². The number of hydrogen-bond donors (Lipinski definition) is 2. The highest BCUT2D eigenvalue weighted by Gasteiger charge is 2.15. The highest BCUT2D eigenvalue weighted by Crippen LogP contribution is 2.23. The fourth-order valence-corrected chi connectivity index (χ4v) is 4.22. The number of ether oxygens (including phenoxy) is 2. The molecule has 2 heterocycles. The molecule has 1 amide bonds. The van der Waals surface area contributed by atoms with Crippen LogP contribution in [0.4, 0.5) is 5.69 Å². The van der Waals surface area contributed by atoms with E-state index < -0.39 is 10.0 Å². The lowest BCUT2D eigenvalue weighted by Gasteiger charge is -2.10. The summed E-state index contributed by atoms with van der Waals surface area (Å²) in [4.78, 5) is 11.9. The molecule has 0 bridgehead atoms. The monoisotopic (exact) mass is 510 g/mol. The Bertz CT molecular complexity index is 1470. The molecular formula is C24H26N6O5S. The average Bonchev–Trinajstić information content (AvgIpc) is 3.30. The van der Waals surface area contributed by atoms with Crippen molar-refractivity contribution in [2.45, 2.75) is 18.7 Å². The number of hydrogen-bond acceptors (Lipinski definition) is 8. The number of fused-ring (bicyclic) bond motifs is 1. The lowest BCUT2D eigenvalue weighted by Crippen LogP contribution is -2.28. The molecule has 188 valence electrons. The summed E-state index contributed by atoms with van der Waals surface area (Å²) in [6.45, 7) is 3.63. The van der Waals surface area contributed by atoms with Gasteiger partial charge in [0.1, 0.15) is 12.4 Å². The van der Waals surface area contributed by atoms with Crippen LogP contribution in [0.25, 0.3) is 17.0 Å². The minimum atomic E-state index is -3.75. The van der Waals surface area contributed by atoms with Gasteiger partial charge in [0.05, 0.1) is 12.0 Å². The van der Waals surface area contributed by atoms with Crippen molar-refractivity contribution in [2.24, 2.45) is 5.92 Å². The van der Waals surface area contributed by atoms with Gasteiger partial charge in [-0.1, -0.05) is 26.0 Å². The summed E-state index contributed by atoms with van der Waals surface area (Å²) in [7, 11) is -2.17. The van der Waals surface area contributed by atoms with Crippen molar-refractivity contribution in [3.63, 3.8) is 0 Å². The molecule has 0 fully saturated rings. The van der Waals surface area contributed by atoms with Gasteiger partial charge in [0, 0.05) is 29.8 Å². The quantitative estimate of drug-likeness (QED) is 0.311. The van der Waals surface area contributed by atoms with Crippen LogP contribution in [-0.4, -0.2) is 54.4 Å². The predicted molar refractivity (Wildman–Crippen MR) is 133 cm³/mol. The van der Waals surface area contributed by atoms with Crippen molar-refractivity contribution in [1.29, 1.82) is 0 Å². The fraction of sp³-hybridized carbons (Fsp3) is 0.250. The number of nitrogens with one attached hydrogen (secondary N) is 2. The summed E-state index contributed by atoms with van der Waals surface area (Å²) in [6.07, 6.45) is 0. The van der Waals surface area contributed by atoms with Crippen molar-refractivity contribution in [3.05, 3.63) is 60.7 Å². The number of anilines is 1. The average molecular weight is 511 g/mol. The molecule has 12 heteroatoms. The van der Waals surface area contributed by atoms with Gasteiger partial charge in [-0.3, -0.25) is 4.79 Å². The predicted octanol–water partition coefficient (Wildman–Crippen LogP) is 2.75. The van der Waals surface area contributed by atoms with Crippen molar-refractivity contribution >= 4 is 27.3 Å². The Labute approximate surface area is 208 Å². The number of rotatable bonds is 10. The first-order valence-electron chi connectivity index (χ1n) is 11.2. The number of carbonyl (C=O) groups excluding carboxylic acids is 1. The van der Waals surface area contributed by atoms with Crippen LogP contribution in [0.5, 0.6) is 11.6 Å². The minimum absolute atomic E-state index is 0.0266. The molecule has 2 aromatic carbocycles. The van der Waals surface area contributed by atoms with E-state index in [-0.39, 0.29) is 35.8 Å². The second-order valence-electron chi connectivity index (χ2n) is 8.11. The van der Waals surface area contributed by atoms with E-state index in [1.807, 2.05) is 24.3 Å². The summed E-state index contributed by atoms with van der Waals surface area (Å²) >= 11 is 0. The van der Waals surface area contributed by atoms with Crippen LogP contribution >= 0.6 is 0 Å². The Kier molecular flexibility index (Phi) is 7.46. The summed E-state index contributed by atoms with van der Waals surface area (Å²) in [5.41, 5.74) is 1.84. The van der Waals surface area contributed by atoms with E-state index in [0.29, 0.717) is 22.9 Å². The molecule has 4 aromatic rings. The lowest BCUT2D eigenvalue weighted by atomic mass is 10.2. The zero-order valence-electron chi connectivity index (χ0n) is 20.0. The smallest absolute Gasteiger partial charge is 0.240 e. The molecule has 0 spiro atoms. The van der Waals surface area contributed by atoms with Crippen LogP contribution in [0.15, 0.2) is 65.6 Å². The van der Waals surface area contributed by atoms with Gasteiger partial charge in [0.2, 0.25) is 21.8 Å². The zero-order valence-corrected chi connectivity index (χ0v) is 20.8. The molecule has 0 unspecified atom stereocenters. The van der Waals surface area contributed by atoms with Crippen molar-refractivity contribution in [1.82, 2.24) is 24.5 Å². The molecule has 0 radical (unpaired) electrons. The largest absolute Gasteiger partial charge is 0.497 e. The Morgan fingerprint density at radius 2 is 1.83 bits per heavy atom. The van der Waals surface area contributed by atoms with Crippen LogP contribution in [0.1, 0.15) is 13.8 Å². The van der Waals surface area contributed by atoms with Crippen LogP contribution in [0.2, 0.25) is 0 Å². The Morgan fingerprint density at radius 3 is 2.56 bits per heavy atom. The maximum atomic E-state index is 12.6. The third-order valence-electron chi connectivity index (χ3n) is 5.17. The minimum Gasteiger partial charge on any atom is -0.497 e. The van der Waals surface area contributed by atoms with Gasteiger partial charge < -0.3 is 14.8 Å². The third kappa shape index (κ3) is 5.78. The van der Waals surface area contributed by atoms with E-state index in [0.717, 1.165) is 5.56 Å². The van der Waals surface area contributed by atoms with Gasteiger partial charge in [-0.25, -0.2) is 13.1 Å². The van der Waals surface area contributed by atoms with Gasteiger partial charge >= 0.3 is 0 Å². The normalized spacial score (nSPS) is 11.6. The molecule has 0 saturated heterocycles. The van der Waals surface area contributed by atoms with E-state index in [1.54, 1.807) is 49.7 Å². The zero-order chi connectivity index (χ0) is 25.7. The number of benzene rings is 2. The van der Waals surface area contributed by atoms with Crippen molar-refractivity contribution < 1.29 is 22.7 Å². The number of sulfonamides is 1. The number of nitrogens with zero attached hydrogens (tertiary/aromatic N) is 4. The Morgan fingerprint density at radius 1 is 1.06 bits per heavy atom. The summed E-state index contributed by atoms with van der Waals surface area (Å²) < 4.78 is 40.1. The van der Waals surface area contributed by atoms with Crippen LogP contribution in [-0.2, 0) is 14.8 Å². The van der Waals surface area contributed by atoms with Gasteiger partial charge in [-0.05, 0) is 42.5 Å². The van der Waals surface area contributed by atoms with Gasteiger partial charge in [0.25, 0.3) is 0 Å². The van der Waals surface area contributed by atoms with E-state index in [9.17, 15) is 13.2 Å². The molecule has 0 atom stereocenters. The second kappa shape index (κ2) is 10.7. The highest BCUT2D eigenvalue weighted by molar-refractivity contribution is 7.89. The summed E-state index contributed by atoms with van der Waals surface area (Å²) in [6, 6.07) is 16.7. The highest BCUT2D eigenvalue weighted by atomic mass is 32.2. The van der Waals surface area contributed by atoms with E-state index in [4.69, 9.17) is 9.47 Å². The summed E-state index contributed by atoms with van der Waals surface area (Å²) in [5.74, 6) is 1.16. The standard InChI is InChI=1S/C24H26N6O5S/c1-16(2)24(31)26-18-7-9-20(10-8-18)36(32,33)25-13-14-35-22-12-11-21-27-28-23(30(21)29-22)17-5-4-6-19(15-17)34-3/h4-12,15-16,25H,13-14H2,1-3H3,(H,26,31). The van der Waals surface area contributed by atoms with Crippen molar-refractivity contribution in [3.8, 4) is 23.0 Å². The number of carbonyl (C=O) groups is 1. The molecule has 36 heavy (non-hydrogen) atoms. The molecule has 0 aliphatic heterocycles. The van der Waals surface area contributed by atoms with Crippen molar-refractivity contribution in [2.75, 3.05) is 25.6 Å². The first-order valence-corrected chi connectivity index (χ1v) is 12.7. The van der Waals surface area contributed by atoms with E-state index in [2.05, 4.69) is 25.3 Å². The second-order valence-corrected chi connectivity index (χ2v) is 9.88. The number of aromatic nitrogens is 4. The van der Waals surface area contributed by atoms with Gasteiger partial charge in [-0.15, -0.1) is 15.3 Å². The number of methoxy groups -OCH3 is 1. The van der Waals surface area contributed by atoms with Crippen LogP contribution < -0.4 is 19.5 Å². The molecule has 2 aromatic heterocycles. The molecule has 0 aliphatic carbocycles. The Balaban J connectivity index is 1.37. The summed E-state index contributed by atoms with van der Waals surface area (Å²) in [5, 5.41) is 15.5. The van der Waals surface area contributed by atoms with Gasteiger partial charge in [0.15, 0.2) is 11.5 Å². The molecule has 0 saturated carbocycles. The van der Waals surface area contributed by atoms with Crippen LogP contribution in [0.3, 0.4) is 0 Å².